The number of hydrogen-bond acceptors (Lipinski definition) is 1. The van der Waals surface area contributed by atoms with Gasteiger partial charge in [-0.2, -0.15) is 0 Å². The quantitative estimate of drug-likeness (QED) is 0.836. The Morgan fingerprint density at radius 3 is 1.72 bits per heavy atom. The predicted octanol–water partition coefficient (Wildman–Crippen LogP) is 4.29. The molecular weight excluding hydrogens is 218 g/mol. The first-order valence-electron chi connectivity index (χ1n) is 6.30. The molecule has 0 amide bonds. The fourth-order valence-corrected chi connectivity index (χ4v) is 1.96. The van der Waals surface area contributed by atoms with Gasteiger partial charge in [0.25, 0.3) is 0 Å². The zero-order valence-electron chi connectivity index (χ0n) is 10.9. The summed E-state index contributed by atoms with van der Waals surface area (Å²) >= 11 is 0. The van der Waals surface area contributed by atoms with Gasteiger partial charge in [-0.25, -0.2) is 0 Å². The van der Waals surface area contributed by atoms with Gasteiger partial charge in [0.2, 0.25) is 0 Å². The maximum Gasteiger partial charge on any atom is 0.0764 e. The van der Waals surface area contributed by atoms with Crippen molar-refractivity contribution in [2.75, 3.05) is 0 Å². The van der Waals surface area contributed by atoms with Crippen molar-refractivity contribution in [1.29, 1.82) is 0 Å². The van der Waals surface area contributed by atoms with Gasteiger partial charge in [-0.1, -0.05) is 66.7 Å². The van der Waals surface area contributed by atoms with Crippen LogP contribution in [0.25, 0.3) is 0 Å². The molecule has 0 aromatic heterocycles. The molecule has 0 unspecified atom stereocenters. The van der Waals surface area contributed by atoms with E-state index >= 15 is 0 Å². The van der Waals surface area contributed by atoms with Crippen molar-refractivity contribution in [3.63, 3.8) is 0 Å². The molecule has 0 aliphatic heterocycles. The van der Waals surface area contributed by atoms with E-state index in [9.17, 15) is 0 Å². The largest absolute Gasteiger partial charge is 0.378 e. The van der Waals surface area contributed by atoms with Gasteiger partial charge < -0.3 is 5.32 Å². The van der Waals surface area contributed by atoms with E-state index in [1.807, 2.05) is 12.1 Å². The Morgan fingerprint density at radius 2 is 1.33 bits per heavy atom. The molecule has 0 spiro atoms. The summed E-state index contributed by atoms with van der Waals surface area (Å²) in [4.78, 5) is 0. The van der Waals surface area contributed by atoms with Crippen LogP contribution in [0.15, 0.2) is 72.4 Å². The molecule has 0 heterocycles. The van der Waals surface area contributed by atoms with Crippen LogP contribution in [-0.4, -0.2) is 0 Å². The first-order chi connectivity index (χ1) is 8.81. The third-order valence-electron chi connectivity index (χ3n) is 3.07. The van der Waals surface area contributed by atoms with Crippen molar-refractivity contribution in [2.45, 2.75) is 19.9 Å². The second-order valence-electron chi connectivity index (χ2n) is 4.37. The maximum absolute atomic E-state index is 3.56. The fraction of sp³-hybridized carbons (Fsp3) is 0.176. The Hall–Kier alpha value is -2.02. The topological polar surface area (TPSA) is 12.0 Å². The summed E-state index contributed by atoms with van der Waals surface area (Å²) < 4.78 is 0. The van der Waals surface area contributed by atoms with Crippen molar-refractivity contribution < 1.29 is 0 Å². The highest BCUT2D eigenvalue weighted by Crippen LogP contribution is 2.22. The monoisotopic (exact) mass is 237 g/mol. The average molecular weight is 237 g/mol. The minimum absolute atomic E-state index is 0.212. The molecule has 18 heavy (non-hydrogen) atoms. The van der Waals surface area contributed by atoms with Gasteiger partial charge >= 0.3 is 0 Å². The number of nitrogens with one attached hydrogen (secondary N) is 1. The molecule has 92 valence electrons. The molecule has 0 atom stereocenters. The van der Waals surface area contributed by atoms with Gasteiger partial charge in [0.15, 0.2) is 0 Å². The smallest absolute Gasteiger partial charge is 0.0764 e. The van der Waals surface area contributed by atoms with Gasteiger partial charge in [-0.05, 0) is 25.0 Å². The lowest BCUT2D eigenvalue weighted by atomic mass is 9.98. The van der Waals surface area contributed by atoms with Gasteiger partial charge in [-0.3, -0.25) is 0 Å². The highest BCUT2D eigenvalue weighted by atomic mass is 14.9. The van der Waals surface area contributed by atoms with Crippen LogP contribution in [0.4, 0.5) is 0 Å². The summed E-state index contributed by atoms with van der Waals surface area (Å²) in [6.07, 6.45) is 2.10. The van der Waals surface area contributed by atoms with Gasteiger partial charge in [-0.15, -0.1) is 0 Å². The summed E-state index contributed by atoms with van der Waals surface area (Å²) in [5.41, 5.74) is 3.75. The van der Waals surface area contributed by atoms with E-state index in [-0.39, 0.29) is 6.04 Å². The van der Waals surface area contributed by atoms with E-state index in [1.165, 1.54) is 16.8 Å². The molecule has 1 nitrogen and oxygen atoms in total. The molecule has 0 aliphatic carbocycles. The SMILES string of the molecule is C/C=C(/C)NC(c1ccccc1)c1ccccc1. The molecule has 2 aromatic rings. The highest BCUT2D eigenvalue weighted by Gasteiger charge is 2.12. The van der Waals surface area contributed by atoms with Crippen molar-refractivity contribution in [1.82, 2.24) is 5.32 Å². The Labute approximate surface area is 109 Å². The van der Waals surface area contributed by atoms with Crippen LogP contribution in [0.3, 0.4) is 0 Å². The standard InChI is InChI=1S/C17H19N/c1-3-14(2)18-17(15-10-6-4-7-11-15)16-12-8-5-9-13-16/h3-13,17-18H,1-2H3/b14-3-. The zero-order valence-corrected chi connectivity index (χ0v) is 10.9. The van der Waals surface area contributed by atoms with Crippen molar-refractivity contribution in [2.24, 2.45) is 0 Å². The van der Waals surface area contributed by atoms with E-state index in [0.717, 1.165) is 0 Å². The lowest BCUT2D eigenvalue weighted by Gasteiger charge is -2.21. The first-order valence-corrected chi connectivity index (χ1v) is 6.30. The van der Waals surface area contributed by atoms with Crippen LogP contribution in [0, 0.1) is 0 Å². The summed E-state index contributed by atoms with van der Waals surface area (Å²) in [5.74, 6) is 0. The van der Waals surface area contributed by atoms with E-state index in [1.54, 1.807) is 0 Å². The lowest BCUT2D eigenvalue weighted by Crippen LogP contribution is -2.20. The van der Waals surface area contributed by atoms with Gasteiger partial charge in [0, 0.05) is 5.70 Å². The van der Waals surface area contributed by atoms with Crippen LogP contribution >= 0.6 is 0 Å². The van der Waals surface area contributed by atoms with Crippen LogP contribution in [0.2, 0.25) is 0 Å². The number of rotatable bonds is 4. The van der Waals surface area contributed by atoms with Crippen LogP contribution in [-0.2, 0) is 0 Å². The van der Waals surface area contributed by atoms with E-state index in [0.29, 0.717) is 0 Å². The van der Waals surface area contributed by atoms with Crippen molar-refractivity contribution in [3.05, 3.63) is 83.6 Å². The van der Waals surface area contributed by atoms with Crippen LogP contribution < -0.4 is 5.32 Å². The highest BCUT2D eigenvalue weighted by molar-refractivity contribution is 5.32. The second kappa shape index (κ2) is 6.06. The molecule has 2 rings (SSSR count). The molecule has 0 radical (unpaired) electrons. The first kappa shape index (κ1) is 12.4. The molecule has 0 fully saturated rings. The Balaban J connectivity index is 2.35. The minimum Gasteiger partial charge on any atom is -0.378 e. The average Bonchev–Trinajstić information content (AvgIpc) is 2.46. The lowest BCUT2D eigenvalue weighted by molar-refractivity contribution is 0.691. The Morgan fingerprint density at radius 1 is 0.889 bits per heavy atom. The molecule has 0 saturated heterocycles. The van der Waals surface area contributed by atoms with Crippen LogP contribution in [0.1, 0.15) is 31.0 Å². The maximum atomic E-state index is 3.56. The van der Waals surface area contributed by atoms with E-state index < -0.39 is 0 Å². The number of hydrogen-bond donors (Lipinski definition) is 1. The van der Waals surface area contributed by atoms with Crippen LogP contribution in [0.5, 0.6) is 0 Å². The third kappa shape index (κ3) is 3.01. The molecule has 0 bridgehead atoms. The fourth-order valence-electron chi connectivity index (χ4n) is 1.96. The van der Waals surface area contributed by atoms with Gasteiger partial charge in [0.05, 0.1) is 6.04 Å². The molecule has 1 N–H and O–H groups in total. The van der Waals surface area contributed by atoms with E-state index in [2.05, 4.69) is 73.8 Å². The summed E-state index contributed by atoms with van der Waals surface area (Å²) in [6.45, 7) is 4.15. The molecule has 2 aromatic carbocycles. The predicted molar refractivity (Wildman–Crippen MR) is 77.3 cm³/mol. The summed E-state index contributed by atoms with van der Waals surface area (Å²) in [6, 6.07) is 21.3. The Bertz CT molecular complexity index is 460. The third-order valence-corrected chi connectivity index (χ3v) is 3.07. The second-order valence-corrected chi connectivity index (χ2v) is 4.37. The molecule has 1 heteroatoms. The van der Waals surface area contributed by atoms with Crippen molar-refractivity contribution >= 4 is 0 Å². The Kier molecular flexibility index (Phi) is 4.19. The minimum atomic E-state index is 0.212. The summed E-state index contributed by atoms with van der Waals surface area (Å²) in [5, 5.41) is 3.56. The number of allylic oxidation sites excluding steroid dienone is 2. The molecular formula is C17H19N. The zero-order chi connectivity index (χ0) is 12.8. The molecule has 0 saturated carbocycles. The van der Waals surface area contributed by atoms with Gasteiger partial charge in [0.1, 0.15) is 0 Å². The number of benzene rings is 2. The summed E-state index contributed by atoms with van der Waals surface area (Å²) in [7, 11) is 0. The molecule has 0 aliphatic rings. The van der Waals surface area contributed by atoms with E-state index in [4.69, 9.17) is 0 Å². The van der Waals surface area contributed by atoms with Crippen molar-refractivity contribution in [3.8, 4) is 0 Å². The normalized spacial score (nSPS) is 11.6.